The van der Waals surface area contributed by atoms with E-state index in [1.54, 1.807) is 18.2 Å². The predicted molar refractivity (Wildman–Crippen MR) is 115 cm³/mol. The summed E-state index contributed by atoms with van der Waals surface area (Å²) in [6, 6.07) is 22.5. The van der Waals surface area contributed by atoms with Crippen LogP contribution in [0.15, 0.2) is 83.8 Å². The molecule has 0 unspecified atom stereocenters. The number of anilines is 1. The lowest BCUT2D eigenvalue weighted by molar-refractivity contribution is -0.116. The minimum Gasteiger partial charge on any atom is -0.325 e. The highest BCUT2D eigenvalue weighted by atomic mass is 35.5. The van der Waals surface area contributed by atoms with Crippen LogP contribution < -0.4 is 5.32 Å². The molecule has 3 aromatic rings. The highest BCUT2D eigenvalue weighted by molar-refractivity contribution is 7.89. The molecule has 0 aliphatic rings. The Morgan fingerprint density at radius 1 is 0.966 bits per heavy atom. The van der Waals surface area contributed by atoms with Gasteiger partial charge in [0.05, 0.1) is 11.4 Å². The van der Waals surface area contributed by atoms with Gasteiger partial charge in [0, 0.05) is 17.3 Å². The van der Waals surface area contributed by atoms with Gasteiger partial charge in [-0.2, -0.15) is 4.31 Å². The number of para-hydroxylation sites is 1. The van der Waals surface area contributed by atoms with Gasteiger partial charge in [-0.05, 0) is 42.3 Å². The Kier molecular flexibility index (Phi) is 6.69. The lowest BCUT2D eigenvalue weighted by Gasteiger charge is -2.22. The molecule has 1 N–H and O–H groups in total. The molecule has 5 nitrogen and oxygen atoms in total. The lowest BCUT2D eigenvalue weighted by Crippen LogP contribution is -2.37. The van der Waals surface area contributed by atoms with Crippen molar-refractivity contribution in [3.8, 4) is 0 Å². The SMILES string of the molecule is Cc1ccccc1NC(=O)CN(Cc1ccccc1)S(=O)(=O)c1cccc(Cl)c1. The van der Waals surface area contributed by atoms with Gasteiger partial charge in [-0.1, -0.05) is 66.2 Å². The second-order valence-electron chi connectivity index (χ2n) is 6.58. The summed E-state index contributed by atoms with van der Waals surface area (Å²) >= 11 is 5.98. The van der Waals surface area contributed by atoms with E-state index in [-0.39, 0.29) is 18.0 Å². The van der Waals surface area contributed by atoms with Crippen molar-refractivity contribution in [1.82, 2.24) is 4.31 Å². The summed E-state index contributed by atoms with van der Waals surface area (Å²) in [5.41, 5.74) is 2.33. The van der Waals surface area contributed by atoms with E-state index >= 15 is 0 Å². The van der Waals surface area contributed by atoms with Crippen LogP contribution in [0.3, 0.4) is 0 Å². The van der Waals surface area contributed by atoms with E-state index in [1.165, 1.54) is 12.1 Å². The third-order valence-corrected chi connectivity index (χ3v) is 6.40. The number of carbonyl (C=O) groups is 1. The second-order valence-corrected chi connectivity index (χ2v) is 8.95. The van der Waals surface area contributed by atoms with Crippen molar-refractivity contribution in [1.29, 1.82) is 0 Å². The quantitative estimate of drug-likeness (QED) is 0.603. The summed E-state index contributed by atoms with van der Waals surface area (Å²) in [7, 11) is -3.93. The molecule has 0 aromatic heterocycles. The Bertz CT molecular complexity index is 1100. The van der Waals surface area contributed by atoms with Gasteiger partial charge >= 0.3 is 0 Å². The van der Waals surface area contributed by atoms with Crippen LogP contribution in [0.5, 0.6) is 0 Å². The Labute approximate surface area is 176 Å². The van der Waals surface area contributed by atoms with Gasteiger partial charge < -0.3 is 5.32 Å². The van der Waals surface area contributed by atoms with Crippen molar-refractivity contribution in [3.05, 3.63) is 95.0 Å². The van der Waals surface area contributed by atoms with E-state index in [0.29, 0.717) is 10.7 Å². The van der Waals surface area contributed by atoms with Gasteiger partial charge in [0.1, 0.15) is 0 Å². The maximum atomic E-state index is 13.2. The number of hydrogen-bond acceptors (Lipinski definition) is 3. The van der Waals surface area contributed by atoms with Crippen LogP contribution in [0.25, 0.3) is 0 Å². The highest BCUT2D eigenvalue weighted by Crippen LogP contribution is 2.22. The summed E-state index contributed by atoms with van der Waals surface area (Å²) < 4.78 is 27.6. The molecule has 150 valence electrons. The number of hydrogen-bond donors (Lipinski definition) is 1. The van der Waals surface area contributed by atoms with E-state index in [1.807, 2.05) is 55.5 Å². The molecule has 0 saturated carbocycles. The molecule has 0 atom stereocenters. The molecule has 0 radical (unpaired) electrons. The molecule has 3 rings (SSSR count). The normalized spacial score (nSPS) is 11.4. The molecule has 0 aliphatic heterocycles. The number of amides is 1. The summed E-state index contributed by atoms with van der Waals surface area (Å²) in [5.74, 6) is -0.416. The molecular formula is C22H21ClN2O3S. The fourth-order valence-electron chi connectivity index (χ4n) is 2.85. The summed E-state index contributed by atoms with van der Waals surface area (Å²) in [6.45, 7) is 1.62. The van der Waals surface area contributed by atoms with Crippen LogP contribution in [0.4, 0.5) is 5.69 Å². The van der Waals surface area contributed by atoms with Crippen molar-refractivity contribution in [2.75, 3.05) is 11.9 Å². The Morgan fingerprint density at radius 2 is 1.66 bits per heavy atom. The van der Waals surface area contributed by atoms with Crippen molar-refractivity contribution >= 4 is 33.2 Å². The molecule has 0 bridgehead atoms. The Hall–Kier alpha value is -2.67. The lowest BCUT2D eigenvalue weighted by atomic mass is 10.2. The second kappa shape index (κ2) is 9.22. The van der Waals surface area contributed by atoms with Crippen LogP contribution in [0.2, 0.25) is 5.02 Å². The maximum Gasteiger partial charge on any atom is 0.243 e. The van der Waals surface area contributed by atoms with Crippen LogP contribution in [0, 0.1) is 6.92 Å². The third kappa shape index (κ3) is 5.44. The molecular weight excluding hydrogens is 408 g/mol. The van der Waals surface area contributed by atoms with Gasteiger partial charge in [-0.3, -0.25) is 4.79 Å². The average molecular weight is 429 g/mol. The minimum absolute atomic E-state index is 0.0459. The summed E-state index contributed by atoms with van der Waals surface area (Å²) in [6.07, 6.45) is 0. The van der Waals surface area contributed by atoms with Crippen molar-refractivity contribution < 1.29 is 13.2 Å². The van der Waals surface area contributed by atoms with Crippen LogP contribution >= 0.6 is 11.6 Å². The van der Waals surface area contributed by atoms with Crippen molar-refractivity contribution in [3.63, 3.8) is 0 Å². The molecule has 7 heteroatoms. The van der Waals surface area contributed by atoms with Gasteiger partial charge in [-0.25, -0.2) is 8.42 Å². The zero-order valence-electron chi connectivity index (χ0n) is 15.9. The Morgan fingerprint density at radius 3 is 2.34 bits per heavy atom. The first-order valence-electron chi connectivity index (χ1n) is 9.01. The zero-order valence-corrected chi connectivity index (χ0v) is 17.5. The summed E-state index contributed by atoms with van der Waals surface area (Å²) in [5, 5.41) is 3.11. The predicted octanol–water partition coefficient (Wildman–Crippen LogP) is 4.48. The monoisotopic (exact) mass is 428 g/mol. The molecule has 3 aromatic carbocycles. The van der Waals surface area contributed by atoms with Crippen LogP contribution in [0.1, 0.15) is 11.1 Å². The van der Waals surface area contributed by atoms with Gasteiger partial charge in [-0.15, -0.1) is 0 Å². The smallest absolute Gasteiger partial charge is 0.243 e. The Balaban J connectivity index is 1.88. The largest absolute Gasteiger partial charge is 0.325 e. The van der Waals surface area contributed by atoms with Gasteiger partial charge in [0.25, 0.3) is 0 Å². The average Bonchev–Trinajstić information content (AvgIpc) is 2.70. The first kappa shape index (κ1) is 21.0. The van der Waals surface area contributed by atoms with E-state index in [4.69, 9.17) is 11.6 Å². The number of rotatable bonds is 7. The van der Waals surface area contributed by atoms with Crippen molar-refractivity contribution in [2.24, 2.45) is 0 Å². The standard InChI is InChI=1S/C22H21ClN2O3S/c1-17-8-5-6-13-21(17)24-22(26)16-25(15-18-9-3-2-4-10-18)29(27,28)20-12-7-11-19(23)14-20/h2-14H,15-16H2,1H3,(H,24,26). The number of aryl methyl sites for hydroxylation is 1. The van der Waals surface area contributed by atoms with E-state index < -0.39 is 15.9 Å². The van der Waals surface area contributed by atoms with Crippen LogP contribution in [-0.2, 0) is 21.4 Å². The highest BCUT2D eigenvalue weighted by Gasteiger charge is 2.27. The minimum atomic E-state index is -3.93. The van der Waals surface area contributed by atoms with Gasteiger partial charge in [0.15, 0.2) is 0 Å². The first-order chi connectivity index (χ1) is 13.9. The fourth-order valence-corrected chi connectivity index (χ4v) is 4.54. The fraction of sp³-hybridized carbons (Fsp3) is 0.136. The molecule has 0 spiro atoms. The van der Waals surface area contributed by atoms with E-state index in [2.05, 4.69) is 5.32 Å². The van der Waals surface area contributed by atoms with E-state index in [9.17, 15) is 13.2 Å². The van der Waals surface area contributed by atoms with Gasteiger partial charge in [0.2, 0.25) is 15.9 Å². The number of halogens is 1. The van der Waals surface area contributed by atoms with Crippen molar-refractivity contribution in [2.45, 2.75) is 18.4 Å². The number of nitrogens with one attached hydrogen (secondary N) is 1. The number of nitrogens with zero attached hydrogens (tertiary/aromatic N) is 1. The zero-order chi connectivity index (χ0) is 20.9. The first-order valence-corrected chi connectivity index (χ1v) is 10.8. The number of benzene rings is 3. The molecule has 0 saturated heterocycles. The third-order valence-electron chi connectivity index (χ3n) is 4.37. The maximum absolute atomic E-state index is 13.2. The number of carbonyl (C=O) groups excluding carboxylic acids is 1. The molecule has 0 fully saturated rings. The van der Waals surface area contributed by atoms with Crippen LogP contribution in [-0.4, -0.2) is 25.2 Å². The molecule has 29 heavy (non-hydrogen) atoms. The topological polar surface area (TPSA) is 66.5 Å². The molecule has 0 aliphatic carbocycles. The number of sulfonamides is 1. The molecule has 0 heterocycles. The van der Waals surface area contributed by atoms with E-state index in [0.717, 1.165) is 15.4 Å². The summed E-state index contributed by atoms with van der Waals surface area (Å²) in [4.78, 5) is 12.7. The molecule has 1 amide bonds.